The minimum Gasteiger partial charge on any atom is -0.343 e. The number of carbonyl (C=O) groups is 1. The summed E-state index contributed by atoms with van der Waals surface area (Å²) in [5.41, 5.74) is 1.17. The Kier molecular flexibility index (Phi) is 6.07. The molecule has 21 heavy (non-hydrogen) atoms. The third-order valence-electron chi connectivity index (χ3n) is 4.36. The van der Waals surface area contributed by atoms with Gasteiger partial charge in [0.15, 0.2) is 0 Å². The highest BCUT2D eigenvalue weighted by atomic mass is 35.5. The van der Waals surface area contributed by atoms with Gasteiger partial charge in [-0.15, -0.1) is 0 Å². The minimum atomic E-state index is 0.201. The summed E-state index contributed by atoms with van der Waals surface area (Å²) >= 11 is 6.21. The van der Waals surface area contributed by atoms with E-state index in [-0.39, 0.29) is 5.92 Å². The maximum absolute atomic E-state index is 12.4. The zero-order valence-electron chi connectivity index (χ0n) is 13.0. The van der Waals surface area contributed by atoms with E-state index in [0.717, 1.165) is 50.6 Å². The number of piperidine rings is 1. The highest BCUT2D eigenvalue weighted by Gasteiger charge is 2.27. The van der Waals surface area contributed by atoms with Crippen LogP contribution in [0.25, 0.3) is 0 Å². The third kappa shape index (κ3) is 4.21. The molecule has 4 heteroatoms. The summed E-state index contributed by atoms with van der Waals surface area (Å²) in [6.07, 6.45) is 1.92. The SMILES string of the molecule is CCN(CC)C(=O)C1CCN(Cc2ccccc2Cl)CC1. The van der Waals surface area contributed by atoms with Crippen molar-refractivity contribution in [3.63, 3.8) is 0 Å². The van der Waals surface area contributed by atoms with E-state index >= 15 is 0 Å². The Morgan fingerprint density at radius 2 is 1.86 bits per heavy atom. The molecule has 0 N–H and O–H groups in total. The number of amides is 1. The monoisotopic (exact) mass is 308 g/mol. The van der Waals surface area contributed by atoms with Crippen LogP contribution in [0.3, 0.4) is 0 Å². The molecule has 0 aliphatic carbocycles. The second-order valence-electron chi connectivity index (χ2n) is 5.65. The number of benzene rings is 1. The lowest BCUT2D eigenvalue weighted by molar-refractivity contribution is -0.136. The van der Waals surface area contributed by atoms with E-state index in [1.807, 2.05) is 36.9 Å². The van der Waals surface area contributed by atoms with Gasteiger partial charge in [-0.25, -0.2) is 0 Å². The van der Waals surface area contributed by atoms with Crippen molar-refractivity contribution in [2.45, 2.75) is 33.2 Å². The van der Waals surface area contributed by atoms with Crippen LogP contribution in [0.2, 0.25) is 5.02 Å². The largest absolute Gasteiger partial charge is 0.343 e. The maximum Gasteiger partial charge on any atom is 0.225 e. The van der Waals surface area contributed by atoms with Crippen molar-refractivity contribution in [1.29, 1.82) is 0 Å². The number of likely N-dealkylation sites (tertiary alicyclic amines) is 1. The molecule has 0 atom stereocenters. The normalized spacial score (nSPS) is 16.9. The van der Waals surface area contributed by atoms with Gasteiger partial charge in [0.1, 0.15) is 0 Å². The number of halogens is 1. The van der Waals surface area contributed by atoms with Crippen LogP contribution in [0.15, 0.2) is 24.3 Å². The molecule has 0 bridgehead atoms. The Morgan fingerprint density at radius 1 is 1.24 bits per heavy atom. The van der Waals surface area contributed by atoms with E-state index in [1.165, 1.54) is 5.56 Å². The summed E-state index contributed by atoms with van der Waals surface area (Å²) in [6, 6.07) is 8.00. The molecule has 3 nitrogen and oxygen atoms in total. The quantitative estimate of drug-likeness (QED) is 0.832. The Balaban J connectivity index is 1.86. The van der Waals surface area contributed by atoms with E-state index < -0.39 is 0 Å². The Bertz CT molecular complexity index is 466. The smallest absolute Gasteiger partial charge is 0.225 e. The second-order valence-corrected chi connectivity index (χ2v) is 6.06. The Hall–Kier alpha value is -1.06. The van der Waals surface area contributed by atoms with Gasteiger partial charge < -0.3 is 4.90 Å². The van der Waals surface area contributed by atoms with Gasteiger partial charge >= 0.3 is 0 Å². The molecule has 0 spiro atoms. The first kappa shape index (κ1) is 16.3. The van der Waals surface area contributed by atoms with E-state index in [1.54, 1.807) is 0 Å². The van der Waals surface area contributed by atoms with Crippen LogP contribution in [-0.2, 0) is 11.3 Å². The summed E-state index contributed by atoms with van der Waals surface area (Å²) in [4.78, 5) is 16.7. The van der Waals surface area contributed by atoms with Crippen molar-refractivity contribution in [3.05, 3.63) is 34.9 Å². The van der Waals surface area contributed by atoms with Crippen LogP contribution in [0.5, 0.6) is 0 Å². The highest BCUT2D eigenvalue weighted by Crippen LogP contribution is 2.23. The summed E-state index contributed by atoms with van der Waals surface area (Å²) in [5, 5.41) is 0.832. The fourth-order valence-electron chi connectivity index (χ4n) is 3.00. The topological polar surface area (TPSA) is 23.6 Å². The molecule has 1 heterocycles. The maximum atomic E-state index is 12.4. The van der Waals surface area contributed by atoms with Crippen molar-refractivity contribution >= 4 is 17.5 Å². The van der Waals surface area contributed by atoms with Gasteiger partial charge in [-0.3, -0.25) is 9.69 Å². The van der Waals surface area contributed by atoms with Crippen molar-refractivity contribution in [2.75, 3.05) is 26.2 Å². The lowest BCUT2D eigenvalue weighted by atomic mass is 9.95. The molecule has 0 radical (unpaired) electrons. The van der Waals surface area contributed by atoms with Crippen LogP contribution in [0, 0.1) is 5.92 Å². The number of hydrogen-bond donors (Lipinski definition) is 0. The lowest BCUT2D eigenvalue weighted by Gasteiger charge is -2.33. The molecule has 2 rings (SSSR count). The number of nitrogens with zero attached hydrogens (tertiary/aromatic N) is 2. The highest BCUT2D eigenvalue weighted by molar-refractivity contribution is 6.31. The van der Waals surface area contributed by atoms with Gasteiger partial charge in [0, 0.05) is 30.6 Å². The molecule has 1 aromatic carbocycles. The molecule has 1 fully saturated rings. The van der Waals surface area contributed by atoms with E-state index in [0.29, 0.717) is 5.91 Å². The van der Waals surface area contributed by atoms with Gasteiger partial charge in [-0.1, -0.05) is 29.8 Å². The van der Waals surface area contributed by atoms with Gasteiger partial charge in [0.2, 0.25) is 5.91 Å². The van der Waals surface area contributed by atoms with Crippen LogP contribution in [0.4, 0.5) is 0 Å². The molecule has 0 saturated carbocycles. The molecule has 1 aliphatic rings. The summed E-state index contributed by atoms with van der Waals surface area (Å²) in [6.45, 7) is 8.56. The third-order valence-corrected chi connectivity index (χ3v) is 4.73. The molecule has 116 valence electrons. The molecule has 0 unspecified atom stereocenters. The van der Waals surface area contributed by atoms with Gasteiger partial charge in [0.25, 0.3) is 0 Å². The van der Waals surface area contributed by atoms with Gasteiger partial charge in [-0.05, 0) is 51.4 Å². The van der Waals surface area contributed by atoms with Gasteiger partial charge in [0.05, 0.1) is 0 Å². The fraction of sp³-hybridized carbons (Fsp3) is 0.588. The van der Waals surface area contributed by atoms with Crippen molar-refractivity contribution in [2.24, 2.45) is 5.92 Å². The zero-order chi connectivity index (χ0) is 15.2. The summed E-state index contributed by atoms with van der Waals surface area (Å²) in [7, 11) is 0. The first-order valence-corrected chi connectivity index (χ1v) is 8.28. The molecule has 0 aromatic heterocycles. The fourth-order valence-corrected chi connectivity index (χ4v) is 3.19. The minimum absolute atomic E-state index is 0.201. The van der Waals surface area contributed by atoms with E-state index in [9.17, 15) is 4.79 Å². The molecule has 1 aliphatic heterocycles. The predicted molar refractivity (Wildman–Crippen MR) is 87.4 cm³/mol. The standard InChI is InChI=1S/C17H25ClN2O/c1-3-20(4-2)17(21)14-9-11-19(12-10-14)13-15-7-5-6-8-16(15)18/h5-8,14H,3-4,9-13H2,1-2H3. The number of hydrogen-bond acceptors (Lipinski definition) is 2. The van der Waals surface area contributed by atoms with Crippen LogP contribution in [0.1, 0.15) is 32.3 Å². The van der Waals surface area contributed by atoms with Crippen LogP contribution in [-0.4, -0.2) is 41.9 Å². The Labute approximate surface area is 132 Å². The summed E-state index contributed by atoms with van der Waals surface area (Å²) < 4.78 is 0. The number of rotatable bonds is 5. The van der Waals surface area contributed by atoms with Crippen molar-refractivity contribution in [3.8, 4) is 0 Å². The zero-order valence-corrected chi connectivity index (χ0v) is 13.8. The average molecular weight is 309 g/mol. The molecule has 1 saturated heterocycles. The Morgan fingerprint density at radius 3 is 2.43 bits per heavy atom. The average Bonchev–Trinajstić information content (AvgIpc) is 2.51. The van der Waals surface area contributed by atoms with Crippen LogP contribution < -0.4 is 0 Å². The number of carbonyl (C=O) groups excluding carboxylic acids is 1. The first-order chi connectivity index (χ1) is 10.2. The van der Waals surface area contributed by atoms with Crippen molar-refractivity contribution in [1.82, 2.24) is 9.80 Å². The van der Waals surface area contributed by atoms with Gasteiger partial charge in [-0.2, -0.15) is 0 Å². The van der Waals surface area contributed by atoms with Crippen LogP contribution >= 0.6 is 11.6 Å². The second kappa shape index (κ2) is 7.81. The molecular formula is C17H25ClN2O. The molecular weight excluding hydrogens is 284 g/mol. The predicted octanol–water partition coefficient (Wildman–Crippen LogP) is 3.42. The molecule has 1 amide bonds. The lowest BCUT2D eigenvalue weighted by Crippen LogP contribution is -2.42. The van der Waals surface area contributed by atoms with Crippen molar-refractivity contribution < 1.29 is 4.79 Å². The van der Waals surface area contributed by atoms with E-state index in [2.05, 4.69) is 11.0 Å². The summed E-state index contributed by atoms with van der Waals surface area (Å²) in [5.74, 6) is 0.532. The molecule has 1 aromatic rings. The van der Waals surface area contributed by atoms with E-state index in [4.69, 9.17) is 11.6 Å². The first-order valence-electron chi connectivity index (χ1n) is 7.90.